The first-order chi connectivity index (χ1) is 12.2. The van der Waals surface area contributed by atoms with Crippen molar-refractivity contribution in [2.75, 3.05) is 13.7 Å². The third-order valence-corrected chi connectivity index (χ3v) is 4.79. The molecular formula is C19H17ClN2O2S. The Bertz CT molecular complexity index is 862. The molecule has 1 N–H and O–H groups in total. The fourth-order valence-electron chi connectivity index (χ4n) is 2.33. The Hall–Kier alpha value is -2.37. The number of ether oxygens (including phenoxy) is 1. The quantitative estimate of drug-likeness (QED) is 0.695. The van der Waals surface area contributed by atoms with Crippen LogP contribution in [0, 0.1) is 0 Å². The van der Waals surface area contributed by atoms with Gasteiger partial charge in [0.1, 0.15) is 5.75 Å². The van der Waals surface area contributed by atoms with Gasteiger partial charge in [-0.15, -0.1) is 11.3 Å². The lowest BCUT2D eigenvalue weighted by Crippen LogP contribution is -2.25. The van der Waals surface area contributed by atoms with Crippen molar-refractivity contribution >= 4 is 28.8 Å². The van der Waals surface area contributed by atoms with Crippen LogP contribution in [0.2, 0.25) is 5.02 Å². The Labute approximate surface area is 155 Å². The average molecular weight is 373 g/mol. The van der Waals surface area contributed by atoms with E-state index < -0.39 is 0 Å². The Kier molecular flexibility index (Phi) is 5.68. The van der Waals surface area contributed by atoms with Crippen molar-refractivity contribution < 1.29 is 9.53 Å². The summed E-state index contributed by atoms with van der Waals surface area (Å²) in [5, 5.41) is 6.45. The summed E-state index contributed by atoms with van der Waals surface area (Å²) in [5.74, 6) is 0.692. The second kappa shape index (κ2) is 8.14. The van der Waals surface area contributed by atoms with E-state index in [1.165, 1.54) is 0 Å². The molecule has 0 bridgehead atoms. The Morgan fingerprint density at radius 1 is 1.24 bits per heavy atom. The average Bonchev–Trinajstić information content (AvgIpc) is 3.10. The minimum atomic E-state index is -0.130. The van der Waals surface area contributed by atoms with Crippen LogP contribution in [-0.2, 0) is 6.42 Å². The number of rotatable bonds is 6. The first-order valence-electron chi connectivity index (χ1n) is 7.78. The van der Waals surface area contributed by atoms with E-state index in [0.29, 0.717) is 23.6 Å². The molecule has 0 atom stereocenters. The van der Waals surface area contributed by atoms with Crippen molar-refractivity contribution in [3.05, 3.63) is 69.5 Å². The lowest BCUT2D eigenvalue weighted by molar-refractivity contribution is 0.0954. The van der Waals surface area contributed by atoms with E-state index in [9.17, 15) is 4.79 Å². The van der Waals surface area contributed by atoms with Gasteiger partial charge in [0.25, 0.3) is 5.91 Å². The van der Waals surface area contributed by atoms with Crippen LogP contribution in [0.5, 0.6) is 5.75 Å². The topological polar surface area (TPSA) is 51.2 Å². The number of benzene rings is 2. The molecule has 1 amide bonds. The fourth-order valence-corrected chi connectivity index (χ4v) is 3.33. The molecule has 3 rings (SSSR count). The summed E-state index contributed by atoms with van der Waals surface area (Å²) in [6.45, 7) is 0.529. The zero-order chi connectivity index (χ0) is 17.6. The third kappa shape index (κ3) is 4.59. The number of halogens is 1. The zero-order valence-electron chi connectivity index (χ0n) is 13.7. The first kappa shape index (κ1) is 17.5. The third-order valence-electron chi connectivity index (χ3n) is 3.65. The predicted octanol–water partition coefficient (Wildman–Crippen LogP) is 4.44. The molecule has 0 aliphatic carbocycles. The normalized spacial score (nSPS) is 10.5. The van der Waals surface area contributed by atoms with E-state index >= 15 is 0 Å². The highest BCUT2D eigenvalue weighted by atomic mass is 35.5. The molecule has 1 heterocycles. The minimum Gasteiger partial charge on any atom is -0.497 e. The first-order valence-corrected chi connectivity index (χ1v) is 9.04. The molecule has 0 saturated heterocycles. The van der Waals surface area contributed by atoms with E-state index in [2.05, 4.69) is 10.3 Å². The van der Waals surface area contributed by atoms with Crippen LogP contribution < -0.4 is 10.1 Å². The maximum Gasteiger partial charge on any atom is 0.251 e. The number of hydrogen-bond donors (Lipinski definition) is 1. The molecule has 3 aromatic rings. The number of carbonyl (C=O) groups is 1. The molecule has 0 fully saturated rings. The van der Waals surface area contributed by atoms with Gasteiger partial charge in [-0.05, 0) is 42.5 Å². The van der Waals surface area contributed by atoms with E-state index in [1.54, 1.807) is 42.7 Å². The van der Waals surface area contributed by atoms with E-state index in [-0.39, 0.29) is 5.91 Å². The van der Waals surface area contributed by atoms with Gasteiger partial charge in [0.2, 0.25) is 0 Å². The number of nitrogens with one attached hydrogen (secondary N) is 1. The molecular weight excluding hydrogens is 356 g/mol. The fraction of sp³-hybridized carbons (Fsp3) is 0.158. The number of methoxy groups -OCH3 is 1. The molecule has 25 heavy (non-hydrogen) atoms. The van der Waals surface area contributed by atoms with E-state index in [4.69, 9.17) is 16.3 Å². The molecule has 0 saturated carbocycles. The van der Waals surface area contributed by atoms with E-state index in [1.807, 2.05) is 29.6 Å². The van der Waals surface area contributed by atoms with Gasteiger partial charge in [-0.25, -0.2) is 4.98 Å². The summed E-state index contributed by atoms with van der Waals surface area (Å²) in [6.07, 6.45) is 0.688. The second-order valence-corrected chi connectivity index (χ2v) is 6.75. The molecule has 4 nitrogen and oxygen atoms in total. The van der Waals surface area contributed by atoms with Crippen LogP contribution in [0.1, 0.15) is 15.4 Å². The van der Waals surface area contributed by atoms with Crippen molar-refractivity contribution in [1.29, 1.82) is 0 Å². The lowest BCUT2D eigenvalue weighted by Gasteiger charge is -2.04. The molecule has 128 valence electrons. The number of thiazole rings is 1. The van der Waals surface area contributed by atoms with Gasteiger partial charge in [0.05, 0.1) is 17.8 Å². The van der Waals surface area contributed by atoms with Crippen molar-refractivity contribution in [3.8, 4) is 17.0 Å². The molecule has 0 spiro atoms. The smallest absolute Gasteiger partial charge is 0.251 e. The van der Waals surface area contributed by atoms with Gasteiger partial charge in [-0.2, -0.15) is 0 Å². The molecule has 0 aliphatic rings. The molecule has 6 heteroatoms. The molecule has 0 aliphatic heterocycles. The monoisotopic (exact) mass is 372 g/mol. The van der Waals surface area contributed by atoms with Gasteiger partial charge in [-0.3, -0.25) is 4.79 Å². The maximum atomic E-state index is 12.1. The highest BCUT2D eigenvalue weighted by molar-refractivity contribution is 7.09. The van der Waals surface area contributed by atoms with Gasteiger partial charge < -0.3 is 10.1 Å². The number of aromatic nitrogens is 1. The molecule has 0 radical (unpaired) electrons. The van der Waals surface area contributed by atoms with Crippen LogP contribution in [-0.4, -0.2) is 24.5 Å². The summed E-state index contributed by atoms with van der Waals surface area (Å²) in [7, 11) is 1.65. The summed E-state index contributed by atoms with van der Waals surface area (Å²) in [6, 6.07) is 14.7. The van der Waals surface area contributed by atoms with Crippen molar-refractivity contribution in [2.45, 2.75) is 6.42 Å². The van der Waals surface area contributed by atoms with Gasteiger partial charge in [0, 0.05) is 34.5 Å². The largest absolute Gasteiger partial charge is 0.497 e. The van der Waals surface area contributed by atoms with Gasteiger partial charge in [0.15, 0.2) is 0 Å². The van der Waals surface area contributed by atoms with Crippen LogP contribution in [0.4, 0.5) is 0 Å². The number of carbonyl (C=O) groups excluding carboxylic acids is 1. The number of amides is 1. The van der Waals surface area contributed by atoms with Crippen molar-refractivity contribution in [1.82, 2.24) is 10.3 Å². The highest BCUT2D eigenvalue weighted by Crippen LogP contribution is 2.24. The summed E-state index contributed by atoms with van der Waals surface area (Å²) < 4.78 is 5.16. The maximum absolute atomic E-state index is 12.1. The summed E-state index contributed by atoms with van der Waals surface area (Å²) in [4.78, 5) is 16.7. The number of hydrogen-bond acceptors (Lipinski definition) is 4. The van der Waals surface area contributed by atoms with Crippen LogP contribution in [0.25, 0.3) is 11.3 Å². The van der Waals surface area contributed by atoms with E-state index in [0.717, 1.165) is 22.0 Å². The standard InChI is InChI=1S/C19H17ClN2O2S/c1-24-16-7-5-13(6-8-16)17-12-25-18(22-17)9-10-21-19(23)14-3-2-4-15(20)11-14/h2-8,11-12H,9-10H2,1H3,(H,21,23). The van der Waals surface area contributed by atoms with Gasteiger partial charge in [-0.1, -0.05) is 17.7 Å². The van der Waals surface area contributed by atoms with Crippen LogP contribution >= 0.6 is 22.9 Å². The summed E-state index contributed by atoms with van der Waals surface area (Å²) >= 11 is 7.49. The zero-order valence-corrected chi connectivity index (χ0v) is 15.2. The molecule has 0 unspecified atom stereocenters. The molecule has 1 aromatic heterocycles. The van der Waals surface area contributed by atoms with Crippen molar-refractivity contribution in [2.24, 2.45) is 0 Å². The Morgan fingerprint density at radius 3 is 2.76 bits per heavy atom. The van der Waals surface area contributed by atoms with Crippen LogP contribution in [0.3, 0.4) is 0 Å². The highest BCUT2D eigenvalue weighted by Gasteiger charge is 2.08. The molecule has 2 aromatic carbocycles. The van der Waals surface area contributed by atoms with Gasteiger partial charge >= 0.3 is 0 Å². The minimum absolute atomic E-state index is 0.130. The predicted molar refractivity (Wildman–Crippen MR) is 102 cm³/mol. The Balaban J connectivity index is 1.55. The van der Waals surface area contributed by atoms with Crippen LogP contribution in [0.15, 0.2) is 53.9 Å². The SMILES string of the molecule is COc1ccc(-c2csc(CCNC(=O)c3cccc(Cl)c3)n2)cc1. The lowest BCUT2D eigenvalue weighted by atomic mass is 10.2. The number of nitrogens with zero attached hydrogens (tertiary/aromatic N) is 1. The second-order valence-electron chi connectivity index (χ2n) is 5.37. The van der Waals surface area contributed by atoms with Crippen molar-refractivity contribution in [3.63, 3.8) is 0 Å². The Morgan fingerprint density at radius 2 is 2.04 bits per heavy atom. The summed E-state index contributed by atoms with van der Waals surface area (Å²) in [5.41, 5.74) is 2.54.